The summed E-state index contributed by atoms with van der Waals surface area (Å²) in [6, 6.07) is -0.186. The molecular weight excluding hydrogens is 268 g/mol. The van der Waals surface area contributed by atoms with Crippen molar-refractivity contribution in [1.82, 2.24) is 20.0 Å². The summed E-state index contributed by atoms with van der Waals surface area (Å²) < 4.78 is 7.42. The number of aromatic nitrogens is 2. The zero-order valence-electron chi connectivity index (χ0n) is 12.8. The van der Waals surface area contributed by atoms with Gasteiger partial charge in [0.15, 0.2) is 0 Å². The fourth-order valence-corrected chi connectivity index (χ4v) is 3.29. The minimum Gasteiger partial charge on any atom is -0.375 e. The Labute approximate surface area is 125 Å². The molecule has 1 aromatic rings. The van der Waals surface area contributed by atoms with Gasteiger partial charge in [0.05, 0.1) is 18.9 Å². The maximum Gasteiger partial charge on any atom is 0.242 e. The van der Waals surface area contributed by atoms with Crippen molar-refractivity contribution in [3.05, 3.63) is 18.0 Å². The number of morpholine rings is 1. The monoisotopic (exact) mass is 292 g/mol. The highest BCUT2D eigenvalue weighted by molar-refractivity contribution is 5.82. The molecule has 3 heterocycles. The van der Waals surface area contributed by atoms with Crippen LogP contribution >= 0.6 is 0 Å². The maximum absolute atomic E-state index is 12.6. The van der Waals surface area contributed by atoms with Crippen LogP contribution in [0.2, 0.25) is 0 Å². The molecule has 3 rings (SSSR count). The predicted octanol–water partition coefficient (Wildman–Crippen LogP) is 0.503. The first-order chi connectivity index (χ1) is 10.1. The average molecular weight is 292 g/mol. The van der Waals surface area contributed by atoms with Gasteiger partial charge >= 0.3 is 0 Å². The number of hydrogen-bond donors (Lipinski definition) is 1. The summed E-state index contributed by atoms with van der Waals surface area (Å²) in [5.74, 6) is 0.711. The molecule has 2 saturated heterocycles. The van der Waals surface area contributed by atoms with Crippen molar-refractivity contribution in [3.8, 4) is 0 Å². The van der Waals surface area contributed by atoms with Gasteiger partial charge in [0.1, 0.15) is 6.04 Å². The second-order valence-corrected chi connectivity index (χ2v) is 6.05. The highest BCUT2D eigenvalue weighted by Crippen LogP contribution is 2.28. The summed E-state index contributed by atoms with van der Waals surface area (Å²) in [5, 5.41) is 7.52. The van der Waals surface area contributed by atoms with Crippen LogP contribution in [0.15, 0.2) is 12.4 Å². The Bertz CT molecular complexity index is 494. The molecule has 0 spiro atoms. The number of ether oxygens (including phenoxy) is 1. The van der Waals surface area contributed by atoms with Crippen molar-refractivity contribution in [1.29, 1.82) is 0 Å². The van der Waals surface area contributed by atoms with Crippen LogP contribution in [0.5, 0.6) is 0 Å². The predicted molar refractivity (Wildman–Crippen MR) is 79.0 cm³/mol. The molecule has 21 heavy (non-hydrogen) atoms. The second-order valence-electron chi connectivity index (χ2n) is 6.05. The number of rotatable bonds is 2. The summed E-state index contributed by atoms with van der Waals surface area (Å²) in [5.41, 5.74) is 1.29. The molecule has 0 radical (unpaired) electrons. The highest BCUT2D eigenvalue weighted by Gasteiger charge is 2.33. The Balaban J connectivity index is 1.56. The van der Waals surface area contributed by atoms with Gasteiger partial charge in [0.2, 0.25) is 5.91 Å². The van der Waals surface area contributed by atoms with Crippen LogP contribution in [-0.2, 0) is 16.6 Å². The molecular formula is C15H24N4O2. The molecule has 6 heteroatoms. The van der Waals surface area contributed by atoms with E-state index in [0.717, 1.165) is 32.5 Å². The van der Waals surface area contributed by atoms with E-state index < -0.39 is 0 Å². The number of carbonyl (C=O) groups excluding carboxylic acids is 1. The van der Waals surface area contributed by atoms with Gasteiger partial charge in [-0.05, 0) is 31.2 Å². The first kappa shape index (κ1) is 14.5. The first-order valence-corrected chi connectivity index (χ1v) is 7.77. The molecule has 0 saturated carbocycles. The number of nitrogens with zero attached hydrogens (tertiary/aromatic N) is 3. The molecule has 2 atom stereocenters. The van der Waals surface area contributed by atoms with Crippen molar-refractivity contribution in [3.63, 3.8) is 0 Å². The molecule has 1 aromatic heterocycles. The van der Waals surface area contributed by atoms with E-state index in [4.69, 9.17) is 4.74 Å². The van der Waals surface area contributed by atoms with E-state index >= 15 is 0 Å². The summed E-state index contributed by atoms with van der Waals surface area (Å²) >= 11 is 0. The number of aryl methyl sites for hydroxylation is 1. The van der Waals surface area contributed by atoms with Crippen LogP contribution in [0, 0.1) is 0 Å². The summed E-state index contributed by atoms with van der Waals surface area (Å²) in [7, 11) is 1.94. The van der Waals surface area contributed by atoms with Crippen LogP contribution in [0.3, 0.4) is 0 Å². The van der Waals surface area contributed by atoms with Crippen LogP contribution in [0.25, 0.3) is 0 Å². The lowest BCUT2D eigenvalue weighted by Crippen LogP contribution is -2.57. The van der Waals surface area contributed by atoms with E-state index in [1.54, 1.807) is 0 Å². The molecule has 116 valence electrons. The third-order valence-electron chi connectivity index (χ3n) is 4.59. The van der Waals surface area contributed by atoms with Crippen LogP contribution < -0.4 is 5.32 Å². The lowest BCUT2D eigenvalue weighted by molar-refractivity contribution is -0.140. The molecule has 0 bridgehead atoms. The van der Waals surface area contributed by atoms with E-state index in [9.17, 15) is 4.79 Å². The van der Waals surface area contributed by atoms with Gasteiger partial charge in [-0.25, -0.2) is 0 Å². The van der Waals surface area contributed by atoms with Crippen molar-refractivity contribution < 1.29 is 9.53 Å². The van der Waals surface area contributed by atoms with Crippen molar-refractivity contribution in [2.75, 3.05) is 26.2 Å². The summed E-state index contributed by atoms with van der Waals surface area (Å²) in [4.78, 5) is 14.6. The van der Waals surface area contributed by atoms with Crippen molar-refractivity contribution in [2.24, 2.45) is 7.05 Å². The molecule has 6 nitrogen and oxygen atoms in total. The lowest BCUT2D eigenvalue weighted by Gasteiger charge is -2.37. The number of hydrogen-bond acceptors (Lipinski definition) is 4. The third-order valence-corrected chi connectivity index (χ3v) is 4.59. The zero-order valence-corrected chi connectivity index (χ0v) is 12.8. The van der Waals surface area contributed by atoms with Gasteiger partial charge in [-0.3, -0.25) is 9.48 Å². The molecule has 0 unspecified atom stereocenters. The van der Waals surface area contributed by atoms with E-state index in [1.165, 1.54) is 5.56 Å². The second kappa shape index (κ2) is 6.15. The van der Waals surface area contributed by atoms with E-state index in [-0.39, 0.29) is 18.1 Å². The number of piperidine rings is 1. The van der Waals surface area contributed by atoms with E-state index in [0.29, 0.717) is 12.5 Å². The Morgan fingerprint density at radius 1 is 1.43 bits per heavy atom. The first-order valence-electron chi connectivity index (χ1n) is 7.77. The number of carbonyl (C=O) groups is 1. The highest BCUT2D eigenvalue weighted by atomic mass is 16.5. The van der Waals surface area contributed by atoms with Gasteiger partial charge in [-0.15, -0.1) is 0 Å². The topological polar surface area (TPSA) is 59.4 Å². The van der Waals surface area contributed by atoms with Gasteiger partial charge in [-0.2, -0.15) is 5.10 Å². The molecule has 0 aromatic carbocycles. The maximum atomic E-state index is 12.6. The summed E-state index contributed by atoms with van der Waals surface area (Å²) in [6.07, 6.45) is 6.02. The number of amides is 1. The number of likely N-dealkylation sites (tertiary alicyclic amines) is 1. The van der Waals surface area contributed by atoms with E-state index in [2.05, 4.69) is 16.6 Å². The average Bonchev–Trinajstić information content (AvgIpc) is 2.94. The van der Waals surface area contributed by atoms with Gasteiger partial charge in [0.25, 0.3) is 0 Å². The fraction of sp³-hybridized carbons (Fsp3) is 0.733. The smallest absolute Gasteiger partial charge is 0.242 e. The zero-order chi connectivity index (χ0) is 14.8. The molecule has 2 aliphatic heterocycles. The van der Waals surface area contributed by atoms with Gasteiger partial charge < -0.3 is 15.0 Å². The summed E-state index contributed by atoms with van der Waals surface area (Å²) in [6.45, 7) is 5.06. The minimum atomic E-state index is -0.186. The van der Waals surface area contributed by atoms with Crippen LogP contribution in [-0.4, -0.2) is 59.0 Å². The van der Waals surface area contributed by atoms with Gasteiger partial charge in [0, 0.05) is 32.9 Å². The lowest BCUT2D eigenvalue weighted by atomic mass is 9.91. The molecule has 0 aliphatic carbocycles. The fourth-order valence-electron chi connectivity index (χ4n) is 3.29. The molecule has 1 N–H and O–H groups in total. The SMILES string of the molecule is C[C@H]1OCCN[C@@H]1C(=O)N1CCC(c2cnn(C)c2)CC1. The normalized spacial score (nSPS) is 27.8. The standard InChI is InChI=1S/C15H24N4O2/c1-11-14(16-5-8-21-11)15(20)19-6-3-12(4-7-19)13-9-17-18(2)10-13/h9-12,14,16H,3-8H2,1-2H3/t11-,14+/m1/s1. The van der Waals surface area contributed by atoms with E-state index in [1.807, 2.05) is 29.7 Å². The van der Waals surface area contributed by atoms with Crippen LogP contribution in [0.4, 0.5) is 0 Å². The Hall–Kier alpha value is -1.40. The van der Waals surface area contributed by atoms with Crippen molar-refractivity contribution >= 4 is 5.91 Å². The van der Waals surface area contributed by atoms with Gasteiger partial charge in [-0.1, -0.05) is 0 Å². The largest absolute Gasteiger partial charge is 0.375 e. The van der Waals surface area contributed by atoms with Crippen LogP contribution in [0.1, 0.15) is 31.2 Å². The quantitative estimate of drug-likeness (QED) is 0.862. The molecule has 2 fully saturated rings. The Morgan fingerprint density at radius 3 is 2.81 bits per heavy atom. The number of nitrogens with one attached hydrogen (secondary N) is 1. The third kappa shape index (κ3) is 3.11. The van der Waals surface area contributed by atoms with Crippen molar-refractivity contribution in [2.45, 2.75) is 37.8 Å². The Kier molecular flexibility index (Phi) is 4.26. The minimum absolute atomic E-state index is 0.0395. The molecule has 1 amide bonds. The Morgan fingerprint density at radius 2 is 2.19 bits per heavy atom. The molecule has 2 aliphatic rings.